The van der Waals surface area contributed by atoms with E-state index in [0.29, 0.717) is 25.1 Å². The lowest BCUT2D eigenvalue weighted by molar-refractivity contribution is -0.135. The summed E-state index contributed by atoms with van der Waals surface area (Å²) in [5, 5.41) is 11.5. The number of para-hydroxylation sites is 1. The first-order valence-corrected chi connectivity index (χ1v) is 10.8. The third-order valence-corrected chi connectivity index (χ3v) is 5.28. The van der Waals surface area contributed by atoms with E-state index in [-0.39, 0.29) is 29.2 Å². The number of carboxylic acid groups (broad SMARTS) is 1. The molecule has 0 aromatic heterocycles. The number of methoxy groups -OCH3 is 1. The molecule has 0 aliphatic carbocycles. The van der Waals surface area contributed by atoms with Crippen molar-refractivity contribution in [1.82, 2.24) is 5.32 Å². The number of carbonyl (C=O) groups is 1. The van der Waals surface area contributed by atoms with Gasteiger partial charge in [0.15, 0.2) is 0 Å². The molecule has 1 atom stereocenters. The molecule has 0 amide bonds. The van der Waals surface area contributed by atoms with Crippen LogP contribution in [-0.2, 0) is 10.7 Å². The number of alkyl halides is 2. The molecule has 0 aliphatic rings. The molecule has 0 radical (unpaired) electrons. The van der Waals surface area contributed by atoms with Crippen molar-refractivity contribution in [3.8, 4) is 11.5 Å². The van der Waals surface area contributed by atoms with E-state index in [1.807, 2.05) is 0 Å². The van der Waals surface area contributed by atoms with E-state index in [2.05, 4.69) is 5.32 Å². The van der Waals surface area contributed by atoms with Gasteiger partial charge in [0.2, 0.25) is 0 Å². The van der Waals surface area contributed by atoms with E-state index in [0.717, 1.165) is 5.56 Å². The van der Waals surface area contributed by atoms with E-state index >= 15 is 8.78 Å². The molecule has 0 saturated heterocycles. The van der Waals surface area contributed by atoms with Gasteiger partial charge in [-0.15, -0.1) is 0 Å². The summed E-state index contributed by atoms with van der Waals surface area (Å²) in [7, 11) is 1.35. The number of halogens is 3. The predicted molar refractivity (Wildman–Crippen MR) is 122 cm³/mol. The Hall–Kier alpha value is -3.52. The lowest BCUT2D eigenvalue weighted by Gasteiger charge is -2.22. The Morgan fingerprint density at radius 3 is 2.35 bits per heavy atom. The van der Waals surface area contributed by atoms with Gasteiger partial charge < -0.3 is 19.9 Å². The Balaban J connectivity index is 1.74. The van der Waals surface area contributed by atoms with E-state index in [1.54, 1.807) is 18.2 Å². The lowest BCUT2D eigenvalue weighted by Crippen LogP contribution is -2.24. The minimum atomic E-state index is -3.27. The van der Waals surface area contributed by atoms with Crippen molar-refractivity contribution in [2.45, 2.75) is 24.9 Å². The highest BCUT2D eigenvalue weighted by molar-refractivity contribution is 5.68. The fraction of sp³-hybridized carbons (Fsp3) is 0.269. The predicted octanol–water partition coefficient (Wildman–Crippen LogP) is 5.55. The van der Waals surface area contributed by atoms with Gasteiger partial charge >= 0.3 is 11.9 Å². The third-order valence-electron chi connectivity index (χ3n) is 5.28. The summed E-state index contributed by atoms with van der Waals surface area (Å²) in [5.74, 6) is -4.12. The zero-order chi connectivity index (χ0) is 24.6. The van der Waals surface area contributed by atoms with Crippen molar-refractivity contribution in [2.24, 2.45) is 0 Å². The van der Waals surface area contributed by atoms with Crippen LogP contribution in [0.1, 0.15) is 35.6 Å². The van der Waals surface area contributed by atoms with Crippen LogP contribution >= 0.6 is 0 Å². The Bertz CT molecular complexity index is 1070. The molecule has 1 unspecified atom stereocenters. The van der Waals surface area contributed by atoms with Gasteiger partial charge in [-0.05, 0) is 73.5 Å². The number of rotatable bonds is 12. The van der Waals surface area contributed by atoms with Crippen LogP contribution in [0.15, 0.2) is 72.8 Å². The maximum Gasteiger partial charge on any atom is 0.317 e. The summed E-state index contributed by atoms with van der Waals surface area (Å²) in [6.45, 7) is 0.307. The highest BCUT2D eigenvalue weighted by Crippen LogP contribution is 2.41. The Kier molecular flexibility index (Phi) is 8.54. The molecule has 0 heterocycles. The van der Waals surface area contributed by atoms with Crippen LogP contribution in [0.4, 0.5) is 13.2 Å². The number of aliphatic carboxylic acids is 1. The number of hydrogen-bond acceptors (Lipinski definition) is 4. The molecule has 0 saturated carbocycles. The molecule has 3 aromatic rings. The molecule has 180 valence electrons. The Morgan fingerprint density at radius 2 is 1.71 bits per heavy atom. The highest BCUT2D eigenvalue weighted by atomic mass is 19.3. The Labute approximate surface area is 196 Å². The maximum atomic E-state index is 15.1. The topological polar surface area (TPSA) is 67.8 Å². The molecule has 0 bridgehead atoms. The second-order valence-corrected chi connectivity index (χ2v) is 7.67. The van der Waals surface area contributed by atoms with Crippen LogP contribution in [-0.4, -0.2) is 31.3 Å². The molecular formula is C26H26F3NO4. The summed E-state index contributed by atoms with van der Waals surface area (Å²) in [4.78, 5) is 10.6. The number of hydrogen-bond donors (Lipinski definition) is 2. The number of ether oxygens (including phenoxy) is 2. The van der Waals surface area contributed by atoms with Gasteiger partial charge in [-0.3, -0.25) is 4.79 Å². The van der Waals surface area contributed by atoms with E-state index in [4.69, 9.17) is 14.6 Å². The van der Waals surface area contributed by atoms with Gasteiger partial charge in [-0.1, -0.05) is 24.3 Å². The van der Waals surface area contributed by atoms with Crippen molar-refractivity contribution < 1.29 is 32.5 Å². The zero-order valence-electron chi connectivity index (χ0n) is 18.6. The summed E-state index contributed by atoms with van der Waals surface area (Å²) < 4.78 is 54.8. The maximum absolute atomic E-state index is 15.1. The van der Waals surface area contributed by atoms with Gasteiger partial charge in [0.05, 0.1) is 19.2 Å². The van der Waals surface area contributed by atoms with Crippen LogP contribution in [0.25, 0.3) is 0 Å². The van der Waals surface area contributed by atoms with Crippen LogP contribution < -0.4 is 14.8 Å². The molecule has 2 N–H and O–H groups in total. The van der Waals surface area contributed by atoms with Crippen LogP contribution in [0.5, 0.6) is 11.5 Å². The van der Waals surface area contributed by atoms with Gasteiger partial charge in [0.25, 0.3) is 0 Å². The lowest BCUT2D eigenvalue weighted by atomic mass is 9.99. The number of nitrogens with one attached hydrogen (secondary N) is 1. The molecule has 0 spiro atoms. The summed E-state index contributed by atoms with van der Waals surface area (Å²) in [5.41, 5.74) is 0.285. The Morgan fingerprint density at radius 1 is 1.03 bits per heavy atom. The van der Waals surface area contributed by atoms with Gasteiger partial charge in [-0.2, -0.15) is 8.78 Å². The molecule has 0 fully saturated rings. The zero-order valence-corrected chi connectivity index (χ0v) is 18.6. The average molecular weight is 473 g/mol. The van der Waals surface area contributed by atoms with Crippen LogP contribution in [0, 0.1) is 5.82 Å². The monoisotopic (exact) mass is 473 g/mol. The van der Waals surface area contributed by atoms with Crippen molar-refractivity contribution >= 4 is 5.97 Å². The second-order valence-electron chi connectivity index (χ2n) is 7.67. The van der Waals surface area contributed by atoms with Crippen molar-refractivity contribution in [3.05, 3.63) is 95.3 Å². The average Bonchev–Trinajstić information content (AvgIpc) is 2.83. The van der Waals surface area contributed by atoms with Gasteiger partial charge in [-0.25, -0.2) is 4.39 Å². The highest BCUT2D eigenvalue weighted by Gasteiger charge is 2.36. The minimum absolute atomic E-state index is 0.0979. The van der Waals surface area contributed by atoms with E-state index in [9.17, 15) is 9.18 Å². The fourth-order valence-corrected chi connectivity index (χ4v) is 3.55. The first-order chi connectivity index (χ1) is 16.3. The molecular weight excluding hydrogens is 447 g/mol. The normalized spacial score (nSPS) is 12.2. The molecule has 8 heteroatoms. The first kappa shape index (κ1) is 25.1. The summed E-state index contributed by atoms with van der Waals surface area (Å²) >= 11 is 0. The number of benzene rings is 3. The molecule has 3 aromatic carbocycles. The molecule has 5 nitrogen and oxygen atoms in total. The quantitative estimate of drug-likeness (QED) is 0.338. The smallest absolute Gasteiger partial charge is 0.317 e. The van der Waals surface area contributed by atoms with Crippen molar-refractivity contribution in [2.75, 3.05) is 20.2 Å². The second kappa shape index (κ2) is 11.6. The van der Waals surface area contributed by atoms with Crippen molar-refractivity contribution in [3.63, 3.8) is 0 Å². The number of carboxylic acids is 1. The third kappa shape index (κ3) is 6.51. The van der Waals surface area contributed by atoms with E-state index < -0.39 is 18.0 Å². The standard InChI is InChI=1S/C26H26F3NO4/c1-33-24-6-3-2-5-22(24)26(28,29)19-10-14-21(15-11-19)34-23(7-4-16-30-17-25(31)32)18-8-12-20(27)13-9-18/h2-3,5-6,8-15,23,30H,4,7,16-17H2,1H3,(H,31,32). The molecule has 0 aliphatic heterocycles. The van der Waals surface area contributed by atoms with Gasteiger partial charge in [0.1, 0.15) is 23.4 Å². The van der Waals surface area contributed by atoms with Crippen LogP contribution in [0.2, 0.25) is 0 Å². The van der Waals surface area contributed by atoms with E-state index in [1.165, 1.54) is 61.7 Å². The SMILES string of the molecule is COc1ccccc1C(F)(F)c1ccc(OC(CCCNCC(=O)O)c2ccc(F)cc2)cc1. The van der Waals surface area contributed by atoms with Crippen molar-refractivity contribution in [1.29, 1.82) is 0 Å². The summed E-state index contributed by atoms with van der Waals surface area (Å²) in [6, 6.07) is 17.4. The minimum Gasteiger partial charge on any atom is -0.496 e. The molecule has 3 rings (SSSR count). The molecule has 34 heavy (non-hydrogen) atoms. The van der Waals surface area contributed by atoms with Crippen LogP contribution in [0.3, 0.4) is 0 Å². The van der Waals surface area contributed by atoms with Gasteiger partial charge in [0, 0.05) is 5.56 Å². The summed E-state index contributed by atoms with van der Waals surface area (Å²) in [6.07, 6.45) is 0.643. The first-order valence-electron chi connectivity index (χ1n) is 10.8. The fourth-order valence-electron chi connectivity index (χ4n) is 3.55. The largest absolute Gasteiger partial charge is 0.496 e.